The molecule has 0 N–H and O–H groups in total. The van der Waals surface area contributed by atoms with Crippen LogP contribution in [-0.4, -0.2) is 12.9 Å². The average molecular weight is 264 g/mol. The molecule has 1 aromatic rings. The summed E-state index contributed by atoms with van der Waals surface area (Å²) in [6, 6.07) is 4.11. The Kier molecular flexibility index (Phi) is 4.94. The Balaban J connectivity index is 1.97. The van der Waals surface area contributed by atoms with Crippen LogP contribution in [0.5, 0.6) is 5.75 Å². The van der Waals surface area contributed by atoms with Crippen LogP contribution in [0.25, 0.3) is 0 Å². The van der Waals surface area contributed by atoms with Gasteiger partial charge in [-0.05, 0) is 30.5 Å². The average Bonchev–Trinajstić information content (AvgIpc) is 2.46. The highest BCUT2D eigenvalue weighted by atomic mass is 19.1. The van der Waals surface area contributed by atoms with Gasteiger partial charge in [-0.3, -0.25) is 4.79 Å². The second-order valence-electron chi connectivity index (χ2n) is 5.31. The molecule has 0 radical (unpaired) electrons. The Morgan fingerprint density at radius 3 is 2.74 bits per heavy atom. The Morgan fingerprint density at radius 1 is 1.32 bits per heavy atom. The number of benzene rings is 1. The van der Waals surface area contributed by atoms with Gasteiger partial charge in [-0.25, -0.2) is 4.39 Å². The quantitative estimate of drug-likeness (QED) is 0.738. The molecule has 2 nitrogen and oxygen atoms in total. The van der Waals surface area contributed by atoms with Gasteiger partial charge >= 0.3 is 0 Å². The SMILES string of the molecule is COc1ccc(F)cc1C(=O)CCC1CCCCC1. The fourth-order valence-corrected chi connectivity index (χ4v) is 2.84. The molecule has 1 aliphatic carbocycles. The summed E-state index contributed by atoms with van der Waals surface area (Å²) in [5.41, 5.74) is 0.373. The van der Waals surface area contributed by atoms with Gasteiger partial charge in [0.05, 0.1) is 12.7 Å². The van der Waals surface area contributed by atoms with Crippen LogP contribution in [-0.2, 0) is 0 Å². The second kappa shape index (κ2) is 6.69. The van der Waals surface area contributed by atoms with E-state index < -0.39 is 0 Å². The third kappa shape index (κ3) is 3.79. The van der Waals surface area contributed by atoms with Gasteiger partial charge in [0.15, 0.2) is 5.78 Å². The van der Waals surface area contributed by atoms with Gasteiger partial charge in [-0.1, -0.05) is 32.1 Å². The summed E-state index contributed by atoms with van der Waals surface area (Å²) in [7, 11) is 1.51. The van der Waals surface area contributed by atoms with E-state index in [1.807, 2.05) is 0 Å². The van der Waals surface area contributed by atoms with Crippen LogP contribution in [0, 0.1) is 11.7 Å². The lowest BCUT2D eigenvalue weighted by molar-refractivity contribution is 0.0966. The molecule has 1 aliphatic rings. The van der Waals surface area contributed by atoms with E-state index in [9.17, 15) is 9.18 Å². The minimum absolute atomic E-state index is 0.0121. The fraction of sp³-hybridized carbons (Fsp3) is 0.562. The first-order chi connectivity index (χ1) is 9.20. The molecule has 0 spiro atoms. The molecule has 0 heterocycles. The molecular weight excluding hydrogens is 243 g/mol. The lowest BCUT2D eigenvalue weighted by Crippen LogP contribution is -2.10. The number of carbonyl (C=O) groups excluding carboxylic acids is 1. The number of hydrogen-bond acceptors (Lipinski definition) is 2. The number of hydrogen-bond donors (Lipinski definition) is 0. The highest BCUT2D eigenvalue weighted by Crippen LogP contribution is 2.29. The maximum absolute atomic E-state index is 13.2. The third-order valence-corrected chi connectivity index (χ3v) is 3.97. The number of ketones is 1. The number of halogens is 1. The van der Waals surface area contributed by atoms with E-state index in [0.717, 1.165) is 6.42 Å². The first-order valence-electron chi connectivity index (χ1n) is 7.07. The molecule has 0 saturated heterocycles. The summed E-state index contributed by atoms with van der Waals surface area (Å²) in [5.74, 6) is 0.732. The minimum Gasteiger partial charge on any atom is -0.496 e. The van der Waals surface area contributed by atoms with Crippen molar-refractivity contribution in [3.05, 3.63) is 29.6 Å². The van der Waals surface area contributed by atoms with Gasteiger partial charge in [0.2, 0.25) is 0 Å². The number of rotatable bonds is 5. The molecule has 19 heavy (non-hydrogen) atoms. The third-order valence-electron chi connectivity index (χ3n) is 3.97. The lowest BCUT2D eigenvalue weighted by Gasteiger charge is -2.21. The Hall–Kier alpha value is -1.38. The summed E-state index contributed by atoms with van der Waals surface area (Å²) in [4.78, 5) is 12.2. The monoisotopic (exact) mass is 264 g/mol. The van der Waals surface area contributed by atoms with Gasteiger partial charge in [-0.15, -0.1) is 0 Å². The van der Waals surface area contributed by atoms with Gasteiger partial charge < -0.3 is 4.74 Å². The number of ether oxygens (including phenoxy) is 1. The van der Waals surface area contributed by atoms with E-state index in [-0.39, 0.29) is 11.6 Å². The Bertz CT molecular complexity index is 436. The molecule has 2 rings (SSSR count). The molecule has 0 unspecified atom stereocenters. The minimum atomic E-state index is -0.387. The highest BCUT2D eigenvalue weighted by Gasteiger charge is 2.18. The van der Waals surface area contributed by atoms with Crippen LogP contribution in [0.2, 0.25) is 0 Å². The second-order valence-corrected chi connectivity index (χ2v) is 5.31. The largest absolute Gasteiger partial charge is 0.496 e. The van der Waals surface area contributed by atoms with Crippen molar-refractivity contribution in [2.45, 2.75) is 44.9 Å². The van der Waals surface area contributed by atoms with Gasteiger partial charge in [0.1, 0.15) is 11.6 Å². The number of Topliss-reactive ketones (excluding diaryl/α,β-unsaturated/α-hetero) is 1. The summed E-state index contributed by atoms with van der Waals surface area (Å²) in [6.07, 6.45) is 7.75. The van der Waals surface area contributed by atoms with Gasteiger partial charge in [-0.2, -0.15) is 0 Å². The van der Waals surface area contributed by atoms with Crippen molar-refractivity contribution in [2.24, 2.45) is 5.92 Å². The molecule has 104 valence electrons. The van der Waals surface area contributed by atoms with Crippen molar-refractivity contribution in [2.75, 3.05) is 7.11 Å². The predicted octanol–water partition coefficient (Wildman–Crippen LogP) is 4.38. The van der Waals surface area contributed by atoms with Crippen LogP contribution >= 0.6 is 0 Å². The Morgan fingerprint density at radius 2 is 2.05 bits per heavy atom. The Labute approximate surface area is 114 Å². The molecule has 1 aromatic carbocycles. The van der Waals surface area contributed by atoms with Crippen molar-refractivity contribution in [3.63, 3.8) is 0 Å². The molecule has 3 heteroatoms. The lowest BCUT2D eigenvalue weighted by atomic mass is 9.85. The van der Waals surface area contributed by atoms with Crippen LogP contribution in [0.3, 0.4) is 0 Å². The predicted molar refractivity (Wildman–Crippen MR) is 73.1 cm³/mol. The molecule has 1 fully saturated rings. The van der Waals surface area contributed by atoms with E-state index in [1.54, 1.807) is 0 Å². The molecule has 0 aromatic heterocycles. The summed E-state index contributed by atoms with van der Waals surface area (Å²) < 4.78 is 18.4. The topological polar surface area (TPSA) is 26.3 Å². The van der Waals surface area contributed by atoms with Crippen LogP contribution in [0.15, 0.2) is 18.2 Å². The molecule has 0 amide bonds. The fourth-order valence-electron chi connectivity index (χ4n) is 2.84. The zero-order chi connectivity index (χ0) is 13.7. The summed E-state index contributed by atoms with van der Waals surface area (Å²) in [5, 5.41) is 0. The van der Waals surface area contributed by atoms with Crippen molar-refractivity contribution in [3.8, 4) is 5.75 Å². The van der Waals surface area contributed by atoms with E-state index in [4.69, 9.17) is 4.74 Å². The maximum atomic E-state index is 13.2. The zero-order valence-electron chi connectivity index (χ0n) is 11.5. The normalized spacial score (nSPS) is 16.3. The smallest absolute Gasteiger partial charge is 0.166 e. The molecular formula is C16H21FO2. The zero-order valence-corrected chi connectivity index (χ0v) is 11.5. The van der Waals surface area contributed by atoms with Crippen molar-refractivity contribution in [1.29, 1.82) is 0 Å². The van der Waals surface area contributed by atoms with Gasteiger partial charge in [0, 0.05) is 6.42 Å². The highest BCUT2D eigenvalue weighted by molar-refractivity contribution is 5.98. The number of methoxy groups -OCH3 is 1. The van der Waals surface area contributed by atoms with E-state index in [1.165, 1.54) is 57.4 Å². The van der Waals surface area contributed by atoms with Crippen LogP contribution in [0.1, 0.15) is 55.3 Å². The molecule has 0 aliphatic heterocycles. The number of carbonyl (C=O) groups is 1. The van der Waals surface area contributed by atoms with Crippen molar-refractivity contribution in [1.82, 2.24) is 0 Å². The molecule has 0 atom stereocenters. The van der Waals surface area contributed by atoms with E-state index >= 15 is 0 Å². The van der Waals surface area contributed by atoms with Crippen LogP contribution < -0.4 is 4.74 Å². The standard InChI is InChI=1S/C16H21FO2/c1-19-16-10-8-13(17)11-14(16)15(18)9-7-12-5-3-2-4-6-12/h8,10-12H,2-7,9H2,1H3. The molecule has 0 bridgehead atoms. The van der Waals surface area contributed by atoms with E-state index in [0.29, 0.717) is 23.7 Å². The molecule has 1 saturated carbocycles. The first kappa shape index (κ1) is 14.0. The van der Waals surface area contributed by atoms with Crippen LogP contribution in [0.4, 0.5) is 4.39 Å². The van der Waals surface area contributed by atoms with Crippen molar-refractivity contribution < 1.29 is 13.9 Å². The van der Waals surface area contributed by atoms with Crippen molar-refractivity contribution >= 4 is 5.78 Å². The summed E-state index contributed by atoms with van der Waals surface area (Å²) >= 11 is 0. The van der Waals surface area contributed by atoms with E-state index in [2.05, 4.69) is 0 Å². The van der Waals surface area contributed by atoms with Gasteiger partial charge in [0.25, 0.3) is 0 Å². The summed E-state index contributed by atoms with van der Waals surface area (Å²) in [6.45, 7) is 0. The maximum Gasteiger partial charge on any atom is 0.166 e. The first-order valence-corrected chi connectivity index (χ1v) is 7.07.